The maximum absolute atomic E-state index is 6.91. The molecule has 2 aliphatic carbocycles. The third-order valence-electron chi connectivity index (χ3n) is 5.53. The molecular formula is C19H21Cl. The van der Waals surface area contributed by atoms with Crippen LogP contribution in [0.2, 0.25) is 0 Å². The van der Waals surface area contributed by atoms with Gasteiger partial charge in [-0.05, 0) is 59.4 Å². The molecule has 4 rings (SSSR count). The van der Waals surface area contributed by atoms with Gasteiger partial charge in [0.1, 0.15) is 0 Å². The van der Waals surface area contributed by atoms with Crippen molar-refractivity contribution >= 4 is 22.4 Å². The van der Waals surface area contributed by atoms with E-state index in [4.69, 9.17) is 11.6 Å². The molecule has 2 aromatic carbocycles. The molecule has 2 aromatic rings. The Morgan fingerprint density at radius 3 is 2.30 bits per heavy atom. The first-order valence-corrected chi connectivity index (χ1v) is 8.33. The molecule has 3 atom stereocenters. The highest BCUT2D eigenvalue weighted by atomic mass is 35.5. The van der Waals surface area contributed by atoms with E-state index in [1.807, 2.05) is 0 Å². The van der Waals surface area contributed by atoms with Crippen LogP contribution in [0.5, 0.6) is 0 Å². The Balaban J connectivity index is 1.73. The summed E-state index contributed by atoms with van der Waals surface area (Å²) in [6.07, 6.45) is 5.64. The summed E-state index contributed by atoms with van der Waals surface area (Å²) in [6, 6.07) is 13.2. The fraction of sp³-hybridized carbons (Fsp3) is 0.474. The predicted molar refractivity (Wildman–Crippen MR) is 86.2 cm³/mol. The molecule has 0 radical (unpaired) electrons. The first-order chi connectivity index (χ1) is 9.77. The second-order valence-electron chi connectivity index (χ2n) is 6.61. The van der Waals surface area contributed by atoms with Crippen molar-refractivity contribution in [3.63, 3.8) is 0 Å². The minimum atomic E-state index is 0.202. The monoisotopic (exact) mass is 284 g/mol. The minimum Gasteiger partial charge on any atom is -0.117 e. The molecule has 0 aromatic heterocycles. The molecule has 0 amide bonds. The number of halogens is 1. The van der Waals surface area contributed by atoms with E-state index in [1.54, 1.807) is 0 Å². The Hall–Kier alpha value is -1.01. The highest BCUT2D eigenvalue weighted by Crippen LogP contribution is 2.62. The van der Waals surface area contributed by atoms with E-state index in [9.17, 15) is 0 Å². The van der Waals surface area contributed by atoms with Crippen LogP contribution in [0.15, 0.2) is 36.4 Å². The predicted octanol–water partition coefficient (Wildman–Crippen LogP) is 5.86. The molecule has 2 aliphatic rings. The van der Waals surface area contributed by atoms with Crippen LogP contribution in [0, 0.1) is 24.7 Å². The average Bonchev–Trinajstić information content (AvgIpc) is 3.22. The van der Waals surface area contributed by atoms with Gasteiger partial charge in [0.15, 0.2) is 0 Å². The van der Waals surface area contributed by atoms with Gasteiger partial charge in [-0.25, -0.2) is 0 Å². The lowest BCUT2D eigenvalue weighted by Crippen LogP contribution is -1.98. The summed E-state index contributed by atoms with van der Waals surface area (Å²) >= 11 is 6.91. The Morgan fingerprint density at radius 1 is 0.950 bits per heavy atom. The Morgan fingerprint density at radius 2 is 1.60 bits per heavy atom. The van der Waals surface area contributed by atoms with Crippen LogP contribution in [-0.4, -0.2) is 0 Å². The highest BCUT2D eigenvalue weighted by molar-refractivity contribution is 6.22. The summed E-state index contributed by atoms with van der Waals surface area (Å²) < 4.78 is 0. The molecule has 0 N–H and O–H groups in total. The van der Waals surface area contributed by atoms with Gasteiger partial charge in [-0.15, -0.1) is 11.6 Å². The molecule has 1 heteroatoms. The first-order valence-electron chi connectivity index (χ1n) is 7.89. The van der Waals surface area contributed by atoms with Crippen molar-refractivity contribution in [2.24, 2.45) is 17.8 Å². The molecule has 2 saturated carbocycles. The van der Waals surface area contributed by atoms with Crippen LogP contribution < -0.4 is 0 Å². The number of aryl methyl sites for hydroxylation is 1. The number of fused-ring (bicyclic) bond motifs is 2. The second-order valence-corrected chi connectivity index (χ2v) is 7.08. The largest absolute Gasteiger partial charge is 0.117 e. The minimum absolute atomic E-state index is 0.202. The van der Waals surface area contributed by atoms with Gasteiger partial charge in [-0.3, -0.25) is 0 Å². The lowest BCUT2D eigenvalue weighted by molar-refractivity contribution is 0.480. The van der Waals surface area contributed by atoms with Crippen LogP contribution in [0.3, 0.4) is 0 Å². The third-order valence-corrected chi connectivity index (χ3v) is 6.06. The summed E-state index contributed by atoms with van der Waals surface area (Å²) in [5.74, 6) is 2.54. The first kappa shape index (κ1) is 12.7. The molecule has 3 unspecified atom stereocenters. The normalized spacial score (nSPS) is 30.0. The molecule has 0 aliphatic heterocycles. The van der Waals surface area contributed by atoms with E-state index in [-0.39, 0.29) is 5.38 Å². The van der Waals surface area contributed by atoms with Crippen molar-refractivity contribution in [3.8, 4) is 0 Å². The summed E-state index contributed by atoms with van der Waals surface area (Å²) in [6.45, 7) is 2.19. The average molecular weight is 285 g/mol. The summed E-state index contributed by atoms with van der Waals surface area (Å²) in [4.78, 5) is 0. The molecule has 0 spiro atoms. The number of benzene rings is 2. The second kappa shape index (κ2) is 4.77. The van der Waals surface area contributed by atoms with Gasteiger partial charge in [0.05, 0.1) is 5.38 Å². The zero-order chi connectivity index (χ0) is 13.7. The van der Waals surface area contributed by atoms with E-state index in [1.165, 1.54) is 47.6 Å². The summed E-state index contributed by atoms with van der Waals surface area (Å²) in [5, 5.41) is 2.92. The molecule has 0 nitrogen and oxygen atoms in total. The Labute approximate surface area is 126 Å². The lowest BCUT2D eigenvalue weighted by atomic mass is 9.96. The molecule has 104 valence electrons. The van der Waals surface area contributed by atoms with Crippen LogP contribution in [0.25, 0.3) is 10.8 Å². The van der Waals surface area contributed by atoms with Crippen molar-refractivity contribution in [2.75, 3.05) is 0 Å². The van der Waals surface area contributed by atoms with Gasteiger partial charge < -0.3 is 0 Å². The lowest BCUT2D eigenvalue weighted by Gasteiger charge is -2.14. The highest BCUT2D eigenvalue weighted by Gasteiger charge is 2.54. The van der Waals surface area contributed by atoms with E-state index in [0.29, 0.717) is 0 Å². The maximum atomic E-state index is 6.91. The zero-order valence-electron chi connectivity index (χ0n) is 12.0. The number of hydrogen-bond acceptors (Lipinski definition) is 0. The quantitative estimate of drug-likeness (QED) is 0.606. The van der Waals surface area contributed by atoms with Gasteiger partial charge in [0, 0.05) is 0 Å². The smallest absolute Gasteiger partial charge is 0.0624 e. The van der Waals surface area contributed by atoms with Crippen molar-refractivity contribution in [1.82, 2.24) is 0 Å². The van der Waals surface area contributed by atoms with E-state index in [0.717, 1.165) is 17.8 Å². The number of rotatable bonds is 2. The van der Waals surface area contributed by atoms with Crippen LogP contribution in [0.4, 0.5) is 0 Å². The zero-order valence-corrected chi connectivity index (χ0v) is 12.7. The molecular weight excluding hydrogens is 264 g/mol. The number of hydrogen-bond donors (Lipinski definition) is 0. The Bertz CT molecular complexity index is 633. The molecule has 20 heavy (non-hydrogen) atoms. The summed E-state index contributed by atoms with van der Waals surface area (Å²) in [7, 11) is 0. The van der Waals surface area contributed by atoms with Crippen LogP contribution in [-0.2, 0) is 0 Å². The third kappa shape index (κ3) is 1.89. The van der Waals surface area contributed by atoms with Crippen molar-refractivity contribution in [1.29, 1.82) is 0 Å². The van der Waals surface area contributed by atoms with Crippen molar-refractivity contribution in [2.45, 2.75) is 38.0 Å². The van der Waals surface area contributed by atoms with E-state index < -0.39 is 0 Å². The van der Waals surface area contributed by atoms with E-state index >= 15 is 0 Å². The molecule has 0 heterocycles. The maximum Gasteiger partial charge on any atom is 0.0624 e. The number of alkyl halides is 1. The molecule has 2 fully saturated rings. The molecule has 0 saturated heterocycles. The fourth-order valence-corrected chi connectivity index (χ4v) is 4.97. The van der Waals surface area contributed by atoms with Gasteiger partial charge in [-0.1, -0.05) is 49.2 Å². The summed E-state index contributed by atoms with van der Waals surface area (Å²) in [5.41, 5.74) is 2.70. The van der Waals surface area contributed by atoms with Crippen molar-refractivity contribution in [3.05, 3.63) is 47.5 Å². The van der Waals surface area contributed by atoms with Crippen LogP contribution >= 0.6 is 11.6 Å². The topological polar surface area (TPSA) is 0 Å². The van der Waals surface area contributed by atoms with Crippen molar-refractivity contribution < 1.29 is 0 Å². The van der Waals surface area contributed by atoms with Gasteiger partial charge in [0.25, 0.3) is 0 Å². The van der Waals surface area contributed by atoms with Gasteiger partial charge in [-0.2, -0.15) is 0 Å². The van der Waals surface area contributed by atoms with Gasteiger partial charge in [0.2, 0.25) is 0 Å². The van der Waals surface area contributed by atoms with E-state index in [2.05, 4.69) is 43.3 Å². The van der Waals surface area contributed by atoms with Crippen LogP contribution in [0.1, 0.15) is 42.2 Å². The fourth-order valence-electron chi connectivity index (χ4n) is 4.40. The molecule has 0 bridgehead atoms. The standard InChI is InChI=1S/C19H21Cl/c1-12-10-11-17(14-7-3-2-6-13(12)14)19(20)18-15-8-4-5-9-16(15)18/h2-3,6-7,10-11,15-16,18-19H,4-5,8-9H2,1H3. The Kier molecular flexibility index (Phi) is 3.03. The van der Waals surface area contributed by atoms with Gasteiger partial charge >= 0.3 is 0 Å². The SMILES string of the molecule is Cc1ccc(C(Cl)C2C3CCCCC32)c2ccccc12.